The first-order valence-electron chi connectivity index (χ1n) is 35.9. The molecule has 15 aromatic rings. The molecule has 0 radical (unpaired) electrons. The Balaban J connectivity index is 1.15. The molecular formula is C78H61N9OSi3. The van der Waals surface area contributed by atoms with Gasteiger partial charge in [-0.1, -0.05) is 281 Å². The number of benzene rings is 11. The molecule has 0 fully saturated rings. The number of para-hydroxylation sites is 6. The summed E-state index contributed by atoms with van der Waals surface area (Å²) in [6.45, 7) is -15.9. The van der Waals surface area contributed by atoms with Gasteiger partial charge in [-0.05, 0) is 63.2 Å². The van der Waals surface area contributed by atoms with Gasteiger partial charge >= 0.3 is 0 Å². The Labute approximate surface area is 547 Å². The molecule has 0 unspecified atom stereocenters. The standard InChI is InChI=1S/C78H61N9OSi3/c1-89(2,75-82-71(54-31-11-5-12-32-54)80-72(83-75)55-33-13-6-14-34-55)78(90(3,4)76-84-73(56-35-15-7-16-36-56)81-74(85-76)57-37-17-8-18-38-57)62-45-23-28-51-68(62)88-70-63(78)46-30-52-69(70)91(59-40-19-9-20-41-59,60-42-21-10-22-43-60)61-44-29-39-58(53-61)86-66-49-26-27-50-67(66)87-65-48-25-24-47-64(65)79-77(86)87/h5-53H,1-4H3/i1D3,2D3,3D3,4D3. The monoisotopic (exact) mass is 1240 g/mol. The molecule has 1 aliphatic rings. The van der Waals surface area contributed by atoms with Crippen LogP contribution in [0.4, 0.5) is 0 Å². The number of aromatic nitrogens is 9. The zero-order chi connectivity index (χ0) is 71.3. The number of ether oxygens (including phenoxy) is 1. The fraction of sp³-hybridized carbons (Fsp3) is 0.0641. The van der Waals surface area contributed by atoms with Crippen LogP contribution in [0.3, 0.4) is 0 Å². The van der Waals surface area contributed by atoms with Crippen LogP contribution in [0.15, 0.2) is 297 Å². The molecular weight excluding hydrogens is 1160 g/mol. The van der Waals surface area contributed by atoms with Gasteiger partial charge < -0.3 is 4.74 Å². The molecule has 4 aromatic heterocycles. The van der Waals surface area contributed by atoms with Crippen molar-refractivity contribution in [2.75, 3.05) is 0 Å². The Kier molecular flexibility index (Phi) is 10.6. The molecule has 5 heterocycles. The van der Waals surface area contributed by atoms with Gasteiger partial charge in [0, 0.05) is 60.2 Å². The van der Waals surface area contributed by atoms with Crippen molar-refractivity contribution in [1.82, 2.24) is 43.9 Å². The van der Waals surface area contributed by atoms with Crippen LogP contribution in [0.1, 0.15) is 27.6 Å². The Hall–Kier alpha value is -10.8. The van der Waals surface area contributed by atoms with E-state index in [2.05, 4.69) is 21.1 Å². The summed E-state index contributed by atoms with van der Waals surface area (Å²) in [6, 6.07) is 88.9. The van der Waals surface area contributed by atoms with Crippen LogP contribution in [0.5, 0.6) is 11.5 Å². The molecule has 1 aliphatic heterocycles. The topological polar surface area (TPSA) is 109 Å². The second kappa shape index (κ2) is 22.0. The first-order valence-corrected chi connectivity index (χ1v) is 35.9. The SMILES string of the molecule is [2H]C([2H])([2H])[Si](c1nc(-c2ccccc2)nc(-c2ccccc2)n1)(C([2H])([2H])[2H])C1([Si](c2nc(-c3ccccc3)nc(-c3ccccc3)n2)(C([2H])([2H])[2H])C([2H])([2H])[2H])c2ccccc2Oc2c1cccc2[Si](c1ccccc1)(c1ccccc1)c1cccc(-n2c3ccccc3n3c4ccccc4nc23)c1. The molecule has 0 aliphatic carbocycles. The van der Waals surface area contributed by atoms with E-state index in [0.717, 1.165) is 37.6 Å². The molecule has 436 valence electrons. The number of hydrogen-bond acceptors (Lipinski definition) is 8. The zero-order valence-electron chi connectivity index (χ0n) is 60.7. The Bertz CT molecular complexity index is 5370. The number of hydrogen-bond donors (Lipinski definition) is 0. The van der Waals surface area contributed by atoms with Gasteiger partial charge in [-0.3, -0.25) is 8.97 Å². The molecule has 0 N–H and O–H groups in total. The highest BCUT2D eigenvalue weighted by Crippen LogP contribution is 2.56. The molecule has 0 bridgehead atoms. The van der Waals surface area contributed by atoms with E-state index in [1.807, 2.05) is 127 Å². The third kappa shape index (κ3) is 8.74. The summed E-state index contributed by atoms with van der Waals surface area (Å²) >= 11 is 0. The fourth-order valence-electron chi connectivity index (χ4n) is 13.6. The van der Waals surface area contributed by atoms with Gasteiger partial charge in [-0.2, -0.15) is 0 Å². The van der Waals surface area contributed by atoms with Gasteiger partial charge in [0.25, 0.3) is 0 Å². The van der Waals surface area contributed by atoms with E-state index in [9.17, 15) is 16.4 Å². The second-order valence-electron chi connectivity index (χ2n) is 22.7. The average Bonchev–Trinajstić information content (AvgIpc) is 1.01. The van der Waals surface area contributed by atoms with E-state index in [-0.39, 0.29) is 45.9 Å². The molecule has 91 heavy (non-hydrogen) atoms. The molecule has 13 heteroatoms. The summed E-state index contributed by atoms with van der Waals surface area (Å²) in [5.41, 5.74) is 3.05. The van der Waals surface area contributed by atoms with E-state index < -0.39 is 65.7 Å². The normalized spacial score (nSPS) is 15.5. The Morgan fingerprint density at radius 3 is 1.30 bits per heavy atom. The number of imidazole rings is 2. The molecule has 0 amide bonds. The summed E-state index contributed by atoms with van der Waals surface area (Å²) in [5.74, 6) is -0.412. The molecule has 0 spiro atoms. The van der Waals surface area contributed by atoms with E-state index >= 15 is 0 Å². The molecule has 0 saturated carbocycles. The van der Waals surface area contributed by atoms with Crippen molar-refractivity contribution >= 4 is 83.7 Å². The molecule has 0 saturated heterocycles. The fourth-order valence-corrected chi connectivity index (χ4v) is 25.6. The largest absolute Gasteiger partial charge is 0.457 e. The van der Waals surface area contributed by atoms with Gasteiger partial charge in [0.05, 0.1) is 22.1 Å². The summed E-state index contributed by atoms with van der Waals surface area (Å²) in [4.78, 5) is 36.0. The van der Waals surface area contributed by atoms with Crippen LogP contribution in [-0.4, -0.2) is 68.1 Å². The van der Waals surface area contributed by atoms with Crippen molar-refractivity contribution in [2.24, 2.45) is 0 Å². The van der Waals surface area contributed by atoms with Gasteiger partial charge in [0.1, 0.15) is 38.5 Å². The van der Waals surface area contributed by atoms with Crippen LogP contribution in [0.2, 0.25) is 25.9 Å². The van der Waals surface area contributed by atoms with Crippen molar-refractivity contribution in [3.63, 3.8) is 0 Å². The van der Waals surface area contributed by atoms with Gasteiger partial charge in [-0.25, -0.2) is 34.9 Å². The average molecular weight is 1240 g/mol. The summed E-state index contributed by atoms with van der Waals surface area (Å²) in [5, 5.41) is 2.63. The van der Waals surface area contributed by atoms with Crippen LogP contribution in [0, 0.1) is 0 Å². The van der Waals surface area contributed by atoms with E-state index in [1.165, 1.54) is 24.3 Å². The summed E-state index contributed by atoms with van der Waals surface area (Å²) in [6.07, 6.45) is 0. The van der Waals surface area contributed by atoms with E-state index in [0.29, 0.717) is 38.9 Å². The number of nitrogens with zero attached hydrogens (tertiary/aromatic N) is 9. The first kappa shape index (κ1) is 43.7. The third-order valence-electron chi connectivity index (χ3n) is 17.6. The lowest BCUT2D eigenvalue weighted by molar-refractivity contribution is 0.452. The van der Waals surface area contributed by atoms with Crippen molar-refractivity contribution in [3.8, 4) is 62.7 Å². The van der Waals surface area contributed by atoms with Crippen LogP contribution >= 0.6 is 0 Å². The lowest BCUT2D eigenvalue weighted by atomic mass is 9.98. The predicted molar refractivity (Wildman–Crippen MR) is 376 cm³/mol. The highest BCUT2D eigenvalue weighted by molar-refractivity contribution is 7.20. The third-order valence-corrected chi connectivity index (χ3v) is 29.7. The highest BCUT2D eigenvalue weighted by atomic mass is 28.4. The van der Waals surface area contributed by atoms with Crippen LogP contribution < -0.4 is 36.4 Å². The summed E-state index contributed by atoms with van der Waals surface area (Å²) in [7, 11) is -18.2. The van der Waals surface area contributed by atoms with Crippen molar-refractivity contribution in [1.29, 1.82) is 0 Å². The van der Waals surface area contributed by atoms with Crippen molar-refractivity contribution in [3.05, 3.63) is 308 Å². The van der Waals surface area contributed by atoms with Crippen molar-refractivity contribution in [2.45, 2.75) is 30.6 Å². The number of rotatable bonds is 13. The zero-order valence-corrected chi connectivity index (χ0v) is 51.7. The second-order valence-corrected chi connectivity index (χ2v) is 32.4. The van der Waals surface area contributed by atoms with E-state index in [1.54, 1.807) is 133 Å². The molecule has 0 atom stereocenters. The lowest BCUT2D eigenvalue weighted by Crippen LogP contribution is -2.78. The minimum Gasteiger partial charge on any atom is -0.457 e. The molecule has 10 nitrogen and oxygen atoms in total. The Morgan fingerprint density at radius 1 is 0.363 bits per heavy atom. The minimum atomic E-state index is -6.92. The smallest absolute Gasteiger partial charge is 0.220 e. The van der Waals surface area contributed by atoms with Crippen molar-refractivity contribution < 1.29 is 21.2 Å². The molecule has 11 aromatic carbocycles. The van der Waals surface area contributed by atoms with Crippen LogP contribution in [-0.2, 0) is 4.66 Å². The maximum absolute atomic E-state index is 10.8. The molecule has 16 rings (SSSR count). The lowest BCUT2D eigenvalue weighted by Gasteiger charge is -2.56. The van der Waals surface area contributed by atoms with E-state index in [4.69, 9.17) is 39.6 Å². The highest BCUT2D eigenvalue weighted by Gasteiger charge is 2.67. The quantitative estimate of drug-likeness (QED) is 0.0830. The maximum Gasteiger partial charge on any atom is 0.220 e. The van der Waals surface area contributed by atoms with Gasteiger partial charge in [-0.15, -0.1) is 0 Å². The first-order chi connectivity index (χ1) is 49.6. The van der Waals surface area contributed by atoms with Gasteiger partial charge in [0.15, 0.2) is 31.4 Å². The predicted octanol–water partition coefficient (Wildman–Crippen LogP) is 13.5. The minimum absolute atomic E-state index is 0.164. The van der Waals surface area contributed by atoms with Gasteiger partial charge in [0.2, 0.25) is 5.78 Å². The van der Waals surface area contributed by atoms with Crippen LogP contribution in [0.25, 0.3) is 79.1 Å². The number of fused-ring (bicyclic) bond motifs is 7. The summed E-state index contributed by atoms with van der Waals surface area (Å²) < 4.78 is 139. The Morgan fingerprint density at radius 2 is 0.780 bits per heavy atom. The maximum atomic E-state index is 10.8.